The first-order valence-corrected chi connectivity index (χ1v) is 8.67. The Morgan fingerprint density at radius 3 is 2.43 bits per heavy atom. The Balaban J connectivity index is 2.03. The third kappa shape index (κ3) is 4.30. The van der Waals surface area contributed by atoms with Crippen molar-refractivity contribution in [3.8, 4) is 0 Å². The molecule has 3 aromatic rings. The van der Waals surface area contributed by atoms with Gasteiger partial charge in [-0.15, -0.1) is 0 Å². The van der Waals surface area contributed by atoms with Crippen LogP contribution in [-0.2, 0) is 6.54 Å². The topological polar surface area (TPSA) is 115 Å². The van der Waals surface area contributed by atoms with Crippen LogP contribution < -0.4 is 22.1 Å². The molecular formula is C19H17F3N6O2. The SMILES string of the molecule is Cc1ccc(C(=O)NN)cc1Nc1nc(=O)c(C)nn1Cc1cc(F)c(F)c(F)c1. The van der Waals surface area contributed by atoms with Crippen molar-refractivity contribution in [2.24, 2.45) is 5.84 Å². The number of nitrogen functional groups attached to an aromatic ring is 1. The number of aryl methyl sites for hydroxylation is 2. The van der Waals surface area contributed by atoms with Gasteiger partial charge in [-0.25, -0.2) is 23.7 Å². The van der Waals surface area contributed by atoms with Crippen LogP contribution in [-0.4, -0.2) is 20.7 Å². The van der Waals surface area contributed by atoms with E-state index in [1.165, 1.54) is 17.7 Å². The van der Waals surface area contributed by atoms with Crippen LogP contribution in [0.4, 0.5) is 24.8 Å². The number of hydrogen-bond acceptors (Lipinski definition) is 6. The van der Waals surface area contributed by atoms with Gasteiger partial charge in [0.1, 0.15) is 5.69 Å². The second-order valence-corrected chi connectivity index (χ2v) is 6.49. The number of hydrogen-bond donors (Lipinski definition) is 3. The molecule has 156 valence electrons. The van der Waals surface area contributed by atoms with Crippen molar-refractivity contribution in [2.75, 3.05) is 5.32 Å². The lowest BCUT2D eigenvalue weighted by molar-refractivity contribution is 0.0953. The van der Waals surface area contributed by atoms with Crippen LogP contribution in [0, 0.1) is 31.3 Å². The number of rotatable bonds is 5. The zero-order valence-corrected chi connectivity index (χ0v) is 16.0. The van der Waals surface area contributed by atoms with Crippen molar-refractivity contribution in [3.63, 3.8) is 0 Å². The van der Waals surface area contributed by atoms with Gasteiger partial charge in [-0.1, -0.05) is 6.07 Å². The lowest BCUT2D eigenvalue weighted by Crippen LogP contribution is -2.30. The minimum absolute atomic E-state index is 0.0378. The second kappa shape index (κ2) is 8.33. The maximum atomic E-state index is 13.6. The van der Waals surface area contributed by atoms with Gasteiger partial charge in [0.2, 0.25) is 5.95 Å². The van der Waals surface area contributed by atoms with Crippen LogP contribution in [0.5, 0.6) is 0 Å². The molecule has 8 nitrogen and oxygen atoms in total. The Kier molecular flexibility index (Phi) is 5.83. The molecule has 1 amide bonds. The maximum Gasteiger partial charge on any atom is 0.296 e. The van der Waals surface area contributed by atoms with Crippen molar-refractivity contribution < 1.29 is 18.0 Å². The highest BCUT2D eigenvalue weighted by molar-refractivity contribution is 5.95. The predicted molar refractivity (Wildman–Crippen MR) is 103 cm³/mol. The first kappa shape index (κ1) is 21.0. The highest BCUT2D eigenvalue weighted by Crippen LogP contribution is 2.21. The number of nitrogens with zero attached hydrogens (tertiary/aromatic N) is 3. The van der Waals surface area contributed by atoms with Crippen molar-refractivity contribution in [3.05, 3.63) is 80.5 Å². The molecule has 4 N–H and O–H groups in total. The summed E-state index contributed by atoms with van der Waals surface area (Å²) in [6.07, 6.45) is 0. The van der Waals surface area contributed by atoms with Crippen molar-refractivity contribution >= 4 is 17.5 Å². The molecule has 2 aromatic carbocycles. The largest absolute Gasteiger partial charge is 0.324 e. The van der Waals surface area contributed by atoms with Crippen LogP contribution in [0.1, 0.15) is 27.2 Å². The zero-order chi connectivity index (χ0) is 22.0. The van der Waals surface area contributed by atoms with Gasteiger partial charge in [0.15, 0.2) is 17.5 Å². The van der Waals surface area contributed by atoms with Crippen molar-refractivity contribution in [1.82, 2.24) is 20.2 Å². The molecule has 1 heterocycles. The summed E-state index contributed by atoms with van der Waals surface area (Å²) in [6, 6.07) is 6.36. The molecule has 0 saturated heterocycles. The smallest absolute Gasteiger partial charge is 0.296 e. The van der Waals surface area contributed by atoms with E-state index in [0.717, 1.165) is 12.1 Å². The fourth-order valence-electron chi connectivity index (χ4n) is 2.68. The fourth-order valence-corrected chi connectivity index (χ4v) is 2.68. The number of carbonyl (C=O) groups is 1. The number of aromatic nitrogens is 3. The molecule has 0 unspecified atom stereocenters. The molecular weight excluding hydrogens is 401 g/mol. The van der Waals surface area contributed by atoms with Gasteiger partial charge in [-0.3, -0.25) is 15.0 Å². The monoisotopic (exact) mass is 418 g/mol. The molecule has 0 fully saturated rings. The number of benzene rings is 2. The van der Waals surface area contributed by atoms with Gasteiger partial charge >= 0.3 is 0 Å². The first-order chi connectivity index (χ1) is 14.2. The van der Waals surface area contributed by atoms with Crippen LogP contribution >= 0.6 is 0 Å². The van der Waals surface area contributed by atoms with E-state index in [1.807, 2.05) is 5.43 Å². The Morgan fingerprint density at radius 2 is 1.80 bits per heavy atom. The maximum absolute atomic E-state index is 13.6. The quantitative estimate of drug-likeness (QED) is 0.253. The second-order valence-electron chi connectivity index (χ2n) is 6.49. The van der Waals surface area contributed by atoms with Gasteiger partial charge < -0.3 is 5.32 Å². The van der Waals surface area contributed by atoms with Crippen molar-refractivity contribution in [2.45, 2.75) is 20.4 Å². The molecule has 0 aliphatic heterocycles. The summed E-state index contributed by atoms with van der Waals surface area (Å²) in [5.74, 6) is 0.317. The van der Waals surface area contributed by atoms with Gasteiger partial charge in [0.05, 0.1) is 6.54 Å². The predicted octanol–water partition coefficient (Wildman–Crippen LogP) is 2.07. The number of carbonyl (C=O) groups excluding carboxylic acids is 1. The van der Waals surface area contributed by atoms with Crippen LogP contribution in [0.2, 0.25) is 0 Å². The number of hydrazine groups is 1. The fraction of sp³-hybridized carbons (Fsp3) is 0.158. The normalized spacial score (nSPS) is 10.7. The molecule has 30 heavy (non-hydrogen) atoms. The van der Waals surface area contributed by atoms with Crippen molar-refractivity contribution in [1.29, 1.82) is 0 Å². The summed E-state index contributed by atoms with van der Waals surface area (Å²) in [7, 11) is 0. The van der Waals surface area contributed by atoms with Gasteiger partial charge in [-0.2, -0.15) is 10.1 Å². The molecule has 0 spiro atoms. The van der Waals surface area contributed by atoms with Gasteiger partial charge in [-0.05, 0) is 49.2 Å². The van der Waals surface area contributed by atoms with E-state index in [4.69, 9.17) is 5.84 Å². The summed E-state index contributed by atoms with van der Waals surface area (Å²) < 4.78 is 41.6. The molecule has 0 bridgehead atoms. The zero-order valence-electron chi connectivity index (χ0n) is 16.0. The number of nitrogens with one attached hydrogen (secondary N) is 2. The Hall–Kier alpha value is -3.73. The van der Waals surface area contributed by atoms with Gasteiger partial charge in [0.25, 0.3) is 11.5 Å². The highest BCUT2D eigenvalue weighted by atomic mass is 19.2. The molecule has 0 atom stereocenters. The lowest BCUT2D eigenvalue weighted by atomic mass is 10.1. The molecule has 11 heteroatoms. The van der Waals surface area contributed by atoms with E-state index < -0.39 is 28.9 Å². The minimum Gasteiger partial charge on any atom is -0.324 e. The minimum atomic E-state index is -1.58. The van der Waals surface area contributed by atoms with Gasteiger partial charge in [0, 0.05) is 11.3 Å². The summed E-state index contributed by atoms with van der Waals surface area (Å²) >= 11 is 0. The third-order valence-electron chi connectivity index (χ3n) is 4.29. The van der Waals surface area contributed by atoms with E-state index in [1.54, 1.807) is 19.1 Å². The van der Waals surface area contributed by atoms with E-state index >= 15 is 0 Å². The third-order valence-corrected chi connectivity index (χ3v) is 4.29. The Labute approximate surface area is 168 Å². The Morgan fingerprint density at radius 1 is 1.13 bits per heavy atom. The van der Waals surface area contributed by atoms with Crippen LogP contribution in [0.25, 0.3) is 0 Å². The average molecular weight is 418 g/mol. The molecule has 0 aliphatic rings. The summed E-state index contributed by atoms with van der Waals surface area (Å²) in [5, 5.41) is 6.99. The van der Waals surface area contributed by atoms with E-state index in [0.29, 0.717) is 11.3 Å². The Bertz CT molecular complexity index is 1170. The van der Waals surface area contributed by atoms with Crippen LogP contribution in [0.3, 0.4) is 0 Å². The molecule has 0 saturated carbocycles. The number of nitrogens with two attached hydrogens (primary N) is 1. The summed E-state index contributed by atoms with van der Waals surface area (Å²) in [4.78, 5) is 27.7. The van der Waals surface area contributed by atoms with Crippen LogP contribution in [0.15, 0.2) is 35.1 Å². The molecule has 0 radical (unpaired) electrons. The first-order valence-electron chi connectivity index (χ1n) is 8.67. The lowest BCUT2D eigenvalue weighted by Gasteiger charge is -2.15. The number of halogens is 3. The van der Waals surface area contributed by atoms with E-state index in [2.05, 4.69) is 15.4 Å². The van der Waals surface area contributed by atoms with E-state index in [-0.39, 0.29) is 29.3 Å². The standard InChI is InChI=1S/C19H17F3N6O2/c1-9-3-4-12(18(30)26-23)7-15(9)24-19-25-17(29)10(2)27-28(19)8-11-5-13(20)16(22)14(21)6-11/h3-7H,8,23H2,1-2H3,(H,26,30)(H,24,25,29). The number of amides is 1. The summed E-state index contributed by atoms with van der Waals surface area (Å²) in [5.41, 5.74) is 2.92. The summed E-state index contributed by atoms with van der Waals surface area (Å²) in [6.45, 7) is 2.98. The molecule has 0 aliphatic carbocycles. The van der Waals surface area contributed by atoms with E-state index in [9.17, 15) is 22.8 Å². The highest BCUT2D eigenvalue weighted by Gasteiger charge is 2.15. The number of anilines is 2. The molecule has 1 aromatic heterocycles. The molecule has 3 rings (SSSR count). The average Bonchev–Trinajstić information content (AvgIpc) is 2.70.